The third-order valence-corrected chi connectivity index (χ3v) is 8.73. The smallest absolute Gasteiger partial charge is 0.261 e. The number of nitrogens with zero attached hydrogens (tertiary/aromatic N) is 2. The minimum absolute atomic E-state index is 0.0123. The molecule has 0 atom stereocenters. The van der Waals surface area contributed by atoms with Gasteiger partial charge in [-0.1, -0.05) is 17.7 Å². The van der Waals surface area contributed by atoms with Gasteiger partial charge in [0.25, 0.3) is 10.0 Å². The van der Waals surface area contributed by atoms with E-state index in [2.05, 4.69) is 9.71 Å². The second-order valence-electron chi connectivity index (χ2n) is 8.05. The monoisotopic (exact) mass is 483 g/mol. The lowest BCUT2D eigenvalue weighted by molar-refractivity contribution is 0.201. The van der Waals surface area contributed by atoms with E-state index < -0.39 is 21.4 Å². The second kappa shape index (κ2) is 8.91. The van der Waals surface area contributed by atoms with Crippen LogP contribution < -0.4 is 10.4 Å². The summed E-state index contributed by atoms with van der Waals surface area (Å²) < 4.78 is 44.3. The molecule has 31 heavy (non-hydrogen) atoms. The maximum atomic E-state index is 13.8. The fourth-order valence-electron chi connectivity index (χ4n) is 3.05. The summed E-state index contributed by atoms with van der Waals surface area (Å²) in [5.74, 6) is 0.657. The molecule has 0 saturated heterocycles. The fraction of sp³-hybridized carbons (Fsp3) is 0.429. The highest BCUT2D eigenvalue weighted by atomic mass is 32.2. The highest BCUT2D eigenvalue weighted by molar-refractivity contribution is 8.01. The van der Waals surface area contributed by atoms with Gasteiger partial charge in [0.15, 0.2) is 5.82 Å². The van der Waals surface area contributed by atoms with Crippen LogP contribution in [0.1, 0.15) is 42.8 Å². The quantitative estimate of drug-likeness (QED) is 0.357. The number of nitrogens with one attached hydrogen (secondary N) is 1. The third-order valence-electron chi connectivity index (χ3n) is 4.84. The average molecular weight is 484 g/mol. The number of thioether (sulfide) groups is 1. The van der Waals surface area contributed by atoms with E-state index in [9.17, 15) is 17.6 Å². The van der Waals surface area contributed by atoms with Gasteiger partial charge in [0.1, 0.15) is 11.4 Å². The number of halogens is 1. The van der Waals surface area contributed by atoms with Crippen molar-refractivity contribution in [1.82, 2.24) is 9.55 Å². The number of aromatic nitrogens is 2. The molecule has 168 valence electrons. The predicted octanol–water partition coefficient (Wildman–Crippen LogP) is 5.08. The van der Waals surface area contributed by atoms with Crippen LogP contribution in [-0.4, -0.2) is 29.4 Å². The van der Waals surface area contributed by atoms with Crippen LogP contribution in [0.2, 0.25) is 0 Å². The van der Waals surface area contributed by atoms with Crippen LogP contribution in [0.15, 0.2) is 38.2 Å². The number of hydrogen-bond acceptors (Lipinski definition) is 6. The summed E-state index contributed by atoms with van der Waals surface area (Å²) in [5, 5.41) is 0. The van der Waals surface area contributed by atoms with Crippen molar-refractivity contribution in [3.8, 4) is 5.69 Å². The van der Waals surface area contributed by atoms with Gasteiger partial charge >= 0.3 is 5.69 Å². The first kappa shape index (κ1) is 23.7. The van der Waals surface area contributed by atoms with Gasteiger partial charge in [-0.25, -0.2) is 17.6 Å². The van der Waals surface area contributed by atoms with Crippen molar-refractivity contribution in [2.45, 2.75) is 62.2 Å². The summed E-state index contributed by atoms with van der Waals surface area (Å²) >= 11 is 2.96. The largest absolute Gasteiger partial charge is 0.354 e. The number of alkyl halides is 1. The summed E-state index contributed by atoms with van der Waals surface area (Å²) in [7, 11) is -3.91. The number of anilines is 1. The summed E-state index contributed by atoms with van der Waals surface area (Å²) in [6.45, 7) is 8.68. The summed E-state index contributed by atoms with van der Waals surface area (Å²) in [6, 6.07) is 6.45. The lowest BCUT2D eigenvalue weighted by Crippen LogP contribution is -2.17. The van der Waals surface area contributed by atoms with Gasteiger partial charge in [-0.3, -0.25) is 9.29 Å². The number of aryl methyl sites for hydroxylation is 2. The van der Waals surface area contributed by atoms with Crippen molar-refractivity contribution >= 4 is 38.9 Å². The molecule has 1 aromatic carbocycles. The molecular weight excluding hydrogens is 457 g/mol. The number of rotatable bonds is 8. The molecule has 0 bridgehead atoms. The summed E-state index contributed by atoms with van der Waals surface area (Å²) in [4.78, 5) is 17.6. The van der Waals surface area contributed by atoms with Crippen LogP contribution in [0, 0.1) is 20.8 Å². The minimum Gasteiger partial charge on any atom is -0.261 e. The van der Waals surface area contributed by atoms with Crippen molar-refractivity contribution in [3.63, 3.8) is 0 Å². The Morgan fingerprint density at radius 3 is 2.45 bits per heavy atom. The fourth-order valence-corrected chi connectivity index (χ4v) is 6.52. The van der Waals surface area contributed by atoms with Gasteiger partial charge in [0.05, 0.1) is 9.10 Å². The number of sulfonamides is 1. The molecule has 0 unspecified atom stereocenters. The maximum Gasteiger partial charge on any atom is 0.354 e. The van der Waals surface area contributed by atoms with Gasteiger partial charge in [-0.2, -0.15) is 4.98 Å². The Morgan fingerprint density at radius 2 is 1.84 bits per heavy atom. The van der Waals surface area contributed by atoms with E-state index >= 15 is 0 Å². The zero-order valence-corrected chi connectivity index (χ0v) is 20.6. The van der Waals surface area contributed by atoms with Crippen molar-refractivity contribution < 1.29 is 12.8 Å². The molecule has 1 aromatic rings. The Labute approximate surface area is 190 Å². The number of hydrogen-bond donors (Lipinski definition) is 1. The minimum atomic E-state index is -3.91. The van der Waals surface area contributed by atoms with E-state index in [0.29, 0.717) is 30.0 Å². The van der Waals surface area contributed by atoms with Gasteiger partial charge in [-0.05, 0) is 65.3 Å². The van der Waals surface area contributed by atoms with E-state index in [0.717, 1.165) is 14.6 Å². The van der Waals surface area contributed by atoms with Crippen LogP contribution in [0.4, 0.5) is 10.2 Å². The Bertz CT molecular complexity index is 1210. The molecule has 0 aromatic heterocycles. The number of benzene rings is 1. The molecule has 2 aliphatic rings. The van der Waals surface area contributed by atoms with Crippen LogP contribution in [0.3, 0.4) is 0 Å². The Morgan fingerprint density at radius 1 is 1.19 bits per heavy atom. The molecule has 1 N–H and O–H groups in total. The SMILES string of the molecule is Cc1ccc(S(=O)(=O)Nc2nc(=O)n3c(C)c(C)sc(SCCCC(C)(C)F)c2-3)cc1. The molecule has 0 aliphatic carbocycles. The Balaban J connectivity index is 1.98. The Kier molecular flexibility index (Phi) is 6.83. The zero-order valence-electron chi connectivity index (χ0n) is 18.2. The van der Waals surface area contributed by atoms with Crippen molar-refractivity contribution in [3.05, 3.63) is 50.9 Å². The lowest BCUT2D eigenvalue weighted by atomic mass is 10.1. The standard InChI is InChI=1S/C21H26FN3O3S3/c1-13-7-9-16(10-8-13)31(27,28)24-18-17-19(29-12-6-11-21(4,5)22)30-15(3)14(2)25(17)20(26)23-18/h7-10H,6,11-12H2,1-5H3,(H,23,24,26). The molecule has 0 radical (unpaired) electrons. The van der Waals surface area contributed by atoms with Crippen molar-refractivity contribution in [1.29, 1.82) is 0 Å². The molecule has 2 aliphatic heterocycles. The molecular formula is C21H26FN3O3S3. The van der Waals surface area contributed by atoms with Crippen molar-refractivity contribution in [2.24, 2.45) is 0 Å². The van der Waals surface area contributed by atoms with Gasteiger partial charge in [0, 0.05) is 10.6 Å². The molecule has 0 fully saturated rings. The highest BCUT2D eigenvalue weighted by Crippen LogP contribution is 2.39. The molecule has 0 amide bonds. The molecule has 10 heteroatoms. The van der Waals surface area contributed by atoms with Gasteiger partial charge in [0.2, 0.25) is 0 Å². The first-order valence-electron chi connectivity index (χ1n) is 9.83. The second-order valence-corrected chi connectivity index (χ2v) is 12.3. The molecule has 3 rings (SSSR count). The normalized spacial score (nSPS) is 12.5. The van der Waals surface area contributed by atoms with Gasteiger partial charge < -0.3 is 0 Å². The van der Waals surface area contributed by atoms with E-state index in [4.69, 9.17) is 0 Å². The third kappa shape index (κ3) is 5.48. The average Bonchev–Trinajstić information content (AvgIpc) is 2.97. The zero-order chi connectivity index (χ0) is 23.0. The number of fused-ring (bicyclic) bond motifs is 1. The summed E-state index contributed by atoms with van der Waals surface area (Å²) in [5.41, 5.74) is 0.328. The molecule has 2 heterocycles. The predicted molar refractivity (Wildman–Crippen MR) is 126 cm³/mol. The van der Waals surface area contributed by atoms with Crippen LogP contribution in [0.5, 0.6) is 0 Å². The first-order valence-corrected chi connectivity index (χ1v) is 13.1. The van der Waals surface area contributed by atoms with Crippen molar-refractivity contribution in [2.75, 3.05) is 10.5 Å². The maximum absolute atomic E-state index is 13.8. The molecule has 0 spiro atoms. The molecule has 6 nitrogen and oxygen atoms in total. The van der Waals surface area contributed by atoms with E-state index in [1.807, 2.05) is 13.8 Å². The van der Waals surface area contributed by atoms with E-state index in [-0.39, 0.29) is 10.7 Å². The number of imidazole rings is 1. The van der Waals surface area contributed by atoms with Crippen LogP contribution in [0.25, 0.3) is 5.69 Å². The van der Waals surface area contributed by atoms with Crippen LogP contribution in [-0.2, 0) is 10.0 Å². The Hall–Kier alpha value is -1.91. The van der Waals surface area contributed by atoms with E-state index in [1.165, 1.54) is 39.8 Å². The van der Waals surface area contributed by atoms with Gasteiger partial charge in [-0.15, -0.1) is 23.1 Å². The van der Waals surface area contributed by atoms with E-state index in [1.54, 1.807) is 32.9 Å². The van der Waals surface area contributed by atoms with Crippen LogP contribution >= 0.6 is 23.1 Å². The lowest BCUT2D eigenvalue weighted by Gasteiger charge is -2.17. The molecule has 0 saturated carbocycles. The highest BCUT2D eigenvalue weighted by Gasteiger charge is 2.27. The topological polar surface area (TPSA) is 81.1 Å². The first-order chi connectivity index (χ1) is 14.4. The summed E-state index contributed by atoms with van der Waals surface area (Å²) in [6.07, 6.45) is 1.08.